The molecular weight excluding hydrogens is 356 g/mol. The number of carbonyl (C=O) groups is 2. The number of methoxy groups -OCH3 is 1. The molecule has 0 atom stereocenters. The molecule has 0 aliphatic heterocycles. The van der Waals surface area contributed by atoms with E-state index in [0.717, 1.165) is 54.4 Å². The fraction of sp³-hybridized carbons (Fsp3) is 0.391. The second-order valence-electron chi connectivity index (χ2n) is 6.69. The van der Waals surface area contributed by atoms with Crippen molar-refractivity contribution in [3.63, 3.8) is 0 Å². The normalized spacial score (nSPS) is 10.5. The van der Waals surface area contributed by atoms with Crippen LogP contribution in [0.4, 0.5) is 4.79 Å². The first-order valence-corrected chi connectivity index (χ1v) is 9.76. The van der Waals surface area contributed by atoms with Gasteiger partial charge >= 0.3 is 12.1 Å². The van der Waals surface area contributed by atoms with Gasteiger partial charge in [0.1, 0.15) is 5.75 Å². The number of hydrogen-bond donors (Lipinski definition) is 1. The highest BCUT2D eigenvalue weighted by atomic mass is 16.7. The van der Waals surface area contributed by atoms with Crippen LogP contribution in [-0.4, -0.2) is 24.3 Å². The predicted octanol–water partition coefficient (Wildman–Crippen LogP) is 5.88. The minimum atomic E-state index is -1.34. The molecule has 0 aliphatic carbocycles. The van der Waals surface area contributed by atoms with Crippen LogP contribution >= 0.6 is 0 Å². The van der Waals surface area contributed by atoms with Crippen LogP contribution in [-0.2, 0) is 17.6 Å². The second-order valence-corrected chi connectivity index (χ2v) is 6.69. The number of unbranched alkanes of at least 4 members (excludes halogenated alkanes) is 2. The Kier molecular flexibility index (Phi) is 8.05. The van der Waals surface area contributed by atoms with E-state index >= 15 is 0 Å². The molecule has 0 bridgehead atoms. The van der Waals surface area contributed by atoms with E-state index in [1.807, 2.05) is 18.2 Å². The van der Waals surface area contributed by atoms with Crippen molar-refractivity contribution in [2.45, 2.75) is 52.4 Å². The number of aryl methyl sites for hydroxylation is 1. The molecule has 150 valence electrons. The average molecular weight is 384 g/mol. The molecule has 0 unspecified atom stereocenters. The summed E-state index contributed by atoms with van der Waals surface area (Å²) in [4.78, 5) is 23.6. The van der Waals surface area contributed by atoms with Gasteiger partial charge in [0.15, 0.2) is 0 Å². The maximum absolute atomic E-state index is 12.4. The molecule has 28 heavy (non-hydrogen) atoms. The number of benzene rings is 2. The maximum Gasteiger partial charge on any atom is 0.511 e. The number of rotatable bonds is 9. The van der Waals surface area contributed by atoms with Gasteiger partial charge in [-0.15, -0.1) is 0 Å². The third-order valence-corrected chi connectivity index (χ3v) is 4.74. The summed E-state index contributed by atoms with van der Waals surface area (Å²) in [6, 6.07) is 10.9. The molecular formula is C23H28O5. The molecule has 5 heteroatoms. The highest BCUT2D eigenvalue weighted by molar-refractivity contribution is 5.98. The largest absolute Gasteiger partial charge is 0.511 e. The number of ether oxygens (including phenoxy) is 2. The number of carbonyl (C=O) groups excluding carboxylic acids is 1. The molecule has 0 saturated heterocycles. The van der Waals surface area contributed by atoms with Crippen LogP contribution in [0.2, 0.25) is 0 Å². The third-order valence-electron chi connectivity index (χ3n) is 4.74. The second kappa shape index (κ2) is 10.5. The molecule has 0 fully saturated rings. The van der Waals surface area contributed by atoms with E-state index in [4.69, 9.17) is 9.47 Å². The monoisotopic (exact) mass is 384 g/mol. The van der Waals surface area contributed by atoms with E-state index in [0.29, 0.717) is 17.7 Å². The van der Waals surface area contributed by atoms with E-state index < -0.39 is 12.1 Å². The van der Waals surface area contributed by atoms with Gasteiger partial charge in [-0.25, -0.2) is 9.59 Å². The Balaban J connectivity index is 2.76. The summed E-state index contributed by atoms with van der Waals surface area (Å²) >= 11 is 0. The van der Waals surface area contributed by atoms with Crippen molar-refractivity contribution >= 4 is 12.1 Å². The first-order chi connectivity index (χ1) is 13.5. The Morgan fingerprint density at radius 1 is 0.964 bits per heavy atom. The lowest BCUT2D eigenvalue weighted by Crippen LogP contribution is -2.10. The molecule has 2 aromatic rings. The summed E-state index contributed by atoms with van der Waals surface area (Å²) < 4.78 is 10.1. The molecule has 0 aliphatic rings. The molecule has 0 spiro atoms. The fourth-order valence-corrected chi connectivity index (χ4v) is 3.37. The Morgan fingerprint density at radius 3 is 2.29 bits per heavy atom. The first kappa shape index (κ1) is 21.5. The van der Waals surface area contributed by atoms with Crippen molar-refractivity contribution in [3.8, 4) is 16.9 Å². The molecule has 0 heterocycles. The third kappa shape index (κ3) is 5.12. The lowest BCUT2D eigenvalue weighted by atomic mass is 9.87. The topological polar surface area (TPSA) is 72.8 Å². The van der Waals surface area contributed by atoms with Crippen molar-refractivity contribution < 1.29 is 24.2 Å². The first-order valence-electron chi connectivity index (χ1n) is 9.76. The Bertz CT molecular complexity index is 826. The quantitative estimate of drug-likeness (QED) is 0.431. The summed E-state index contributed by atoms with van der Waals surface area (Å²) in [5, 5.41) is 9.17. The van der Waals surface area contributed by atoms with Gasteiger partial charge < -0.3 is 14.6 Å². The van der Waals surface area contributed by atoms with Gasteiger partial charge in [0.2, 0.25) is 0 Å². The van der Waals surface area contributed by atoms with Crippen LogP contribution in [0.3, 0.4) is 0 Å². The molecule has 2 aromatic carbocycles. The van der Waals surface area contributed by atoms with Crippen molar-refractivity contribution in [2.24, 2.45) is 0 Å². The zero-order valence-corrected chi connectivity index (χ0v) is 16.8. The molecule has 0 radical (unpaired) electrons. The summed E-state index contributed by atoms with van der Waals surface area (Å²) in [5.41, 5.74) is 4.02. The minimum absolute atomic E-state index is 0.330. The van der Waals surface area contributed by atoms with Crippen LogP contribution < -0.4 is 4.74 Å². The average Bonchev–Trinajstić information content (AvgIpc) is 2.70. The van der Waals surface area contributed by atoms with Crippen LogP contribution in [0.1, 0.15) is 61.0 Å². The number of carboxylic acid groups (broad SMARTS) is 1. The number of hydrogen-bond acceptors (Lipinski definition) is 4. The van der Waals surface area contributed by atoms with E-state index in [9.17, 15) is 14.7 Å². The Hall–Kier alpha value is -2.82. The van der Waals surface area contributed by atoms with E-state index in [2.05, 4.69) is 13.8 Å². The smallest absolute Gasteiger partial charge is 0.465 e. The zero-order valence-electron chi connectivity index (χ0n) is 16.8. The van der Waals surface area contributed by atoms with Gasteiger partial charge in [-0.3, -0.25) is 0 Å². The molecule has 1 N–H and O–H groups in total. The fourth-order valence-electron chi connectivity index (χ4n) is 3.37. The SMILES string of the molecule is CCCCc1ccc(OC(=O)O)c(CCCC)c1-c1ccccc1C(=O)OC. The Morgan fingerprint density at radius 2 is 1.64 bits per heavy atom. The summed E-state index contributed by atoms with van der Waals surface area (Å²) in [6.07, 6.45) is 4.06. The van der Waals surface area contributed by atoms with Crippen LogP contribution in [0.15, 0.2) is 36.4 Å². The summed E-state index contributed by atoms with van der Waals surface area (Å²) in [7, 11) is 1.36. The molecule has 0 amide bonds. The van der Waals surface area contributed by atoms with Crippen LogP contribution in [0, 0.1) is 0 Å². The van der Waals surface area contributed by atoms with Crippen molar-refractivity contribution in [1.82, 2.24) is 0 Å². The van der Waals surface area contributed by atoms with Crippen LogP contribution in [0.25, 0.3) is 11.1 Å². The van der Waals surface area contributed by atoms with Gasteiger partial charge in [0.05, 0.1) is 12.7 Å². The van der Waals surface area contributed by atoms with Gasteiger partial charge in [-0.2, -0.15) is 0 Å². The van der Waals surface area contributed by atoms with Crippen molar-refractivity contribution in [1.29, 1.82) is 0 Å². The van der Waals surface area contributed by atoms with E-state index in [-0.39, 0.29) is 0 Å². The van der Waals surface area contributed by atoms with E-state index in [1.54, 1.807) is 18.2 Å². The van der Waals surface area contributed by atoms with Crippen molar-refractivity contribution in [2.75, 3.05) is 7.11 Å². The van der Waals surface area contributed by atoms with Gasteiger partial charge in [0, 0.05) is 5.56 Å². The molecule has 0 saturated carbocycles. The van der Waals surface area contributed by atoms with Crippen LogP contribution in [0.5, 0.6) is 5.75 Å². The molecule has 2 rings (SSSR count). The van der Waals surface area contributed by atoms with Crippen molar-refractivity contribution in [3.05, 3.63) is 53.1 Å². The van der Waals surface area contributed by atoms with Gasteiger partial charge in [-0.1, -0.05) is 51.0 Å². The summed E-state index contributed by atoms with van der Waals surface area (Å²) in [6.45, 7) is 4.21. The molecule has 0 aromatic heterocycles. The summed E-state index contributed by atoms with van der Waals surface area (Å²) in [5.74, 6) is -0.0843. The Labute approximate surface area is 166 Å². The van der Waals surface area contributed by atoms with Gasteiger partial charge in [-0.05, 0) is 54.5 Å². The maximum atomic E-state index is 12.4. The minimum Gasteiger partial charge on any atom is -0.465 e. The highest BCUT2D eigenvalue weighted by Gasteiger charge is 2.22. The van der Waals surface area contributed by atoms with Gasteiger partial charge in [0.25, 0.3) is 0 Å². The zero-order chi connectivity index (χ0) is 20.5. The standard InChI is InChI=1S/C23H28O5/c1-4-6-10-16-14-15-20(28-23(25)26)19(11-7-5-2)21(16)17-12-8-9-13-18(17)22(24)27-3/h8-9,12-15H,4-7,10-11H2,1-3H3,(H,25,26). The highest BCUT2D eigenvalue weighted by Crippen LogP contribution is 2.38. The predicted molar refractivity (Wildman–Crippen MR) is 109 cm³/mol. The number of esters is 1. The molecule has 5 nitrogen and oxygen atoms in total. The van der Waals surface area contributed by atoms with E-state index in [1.165, 1.54) is 7.11 Å². The lowest BCUT2D eigenvalue weighted by Gasteiger charge is -2.20. The lowest BCUT2D eigenvalue weighted by molar-refractivity contribution is 0.0601.